The molecule has 19 heavy (non-hydrogen) atoms. The lowest BCUT2D eigenvalue weighted by atomic mass is 10.2. The van der Waals surface area contributed by atoms with E-state index < -0.39 is 10.8 Å². The van der Waals surface area contributed by atoms with Crippen LogP contribution in [0.25, 0.3) is 0 Å². The summed E-state index contributed by atoms with van der Waals surface area (Å²) in [5, 5.41) is 13.2. The number of nitro benzene ring substituents is 1. The van der Waals surface area contributed by atoms with Crippen LogP contribution in [0.15, 0.2) is 33.4 Å². The fourth-order valence-corrected chi connectivity index (χ4v) is 2.00. The Balaban J connectivity index is 2.29. The summed E-state index contributed by atoms with van der Waals surface area (Å²) in [4.78, 5) is 26.1. The zero-order valence-corrected chi connectivity index (χ0v) is 11.3. The molecule has 98 valence electrons. The van der Waals surface area contributed by atoms with Gasteiger partial charge in [-0.25, -0.2) is 0 Å². The van der Waals surface area contributed by atoms with Crippen LogP contribution < -0.4 is 5.32 Å². The Bertz CT molecular complexity index is 653. The van der Waals surface area contributed by atoms with E-state index in [9.17, 15) is 14.9 Å². The van der Waals surface area contributed by atoms with E-state index in [1.807, 2.05) is 0 Å². The minimum Gasteiger partial charge on any atom is -0.432 e. The number of benzene rings is 1. The van der Waals surface area contributed by atoms with Gasteiger partial charge in [0.1, 0.15) is 10.7 Å². The van der Waals surface area contributed by atoms with Gasteiger partial charge in [-0.2, -0.15) is 4.98 Å². The number of oxazole rings is 1. The van der Waals surface area contributed by atoms with E-state index in [4.69, 9.17) is 4.42 Å². The topological polar surface area (TPSA) is 98.3 Å². The van der Waals surface area contributed by atoms with Crippen molar-refractivity contribution >= 4 is 33.5 Å². The minimum absolute atomic E-state index is 0.0425. The summed E-state index contributed by atoms with van der Waals surface area (Å²) >= 11 is 3.05. The average Bonchev–Trinajstić information content (AvgIpc) is 2.74. The van der Waals surface area contributed by atoms with Crippen molar-refractivity contribution in [2.24, 2.45) is 0 Å². The Labute approximate surface area is 115 Å². The molecule has 1 amide bonds. The Morgan fingerprint density at radius 1 is 1.53 bits per heavy atom. The molecule has 1 N–H and O–H groups in total. The van der Waals surface area contributed by atoms with Crippen LogP contribution in [-0.4, -0.2) is 15.8 Å². The summed E-state index contributed by atoms with van der Waals surface area (Å²) in [6.07, 6.45) is 1.39. The Morgan fingerprint density at radius 3 is 2.84 bits per heavy atom. The quantitative estimate of drug-likeness (QED) is 0.691. The van der Waals surface area contributed by atoms with E-state index in [1.165, 1.54) is 24.5 Å². The largest absolute Gasteiger partial charge is 0.432 e. The number of nitro groups is 1. The van der Waals surface area contributed by atoms with Crippen LogP contribution in [0.5, 0.6) is 0 Å². The molecule has 0 saturated heterocycles. The molecule has 0 bridgehead atoms. The number of rotatable bonds is 3. The first kappa shape index (κ1) is 13.2. The van der Waals surface area contributed by atoms with Crippen LogP contribution >= 0.6 is 15.9 Å². The van der Waals surface area contributed by atoms with E-state index in [0.717, 1.165) is 0 Å². The van der Waals surface area contributed by atoms with Gasteiger partial charge in [0.05, 0.1) is 16.2 Å². The Morgan fingerprint density at radius 2 is 2.26 bits per heavy atom. The molecular formula is C11H8BrN3O4. The summed E-state index contributed by atoms with van der Waals surface area (Å²) in [7, 11) is 0. The zero-order chi connectivity index (χ0) is 14.0. The first-order valence-corrected chi connectivity index (χ1v) is 5.94. The molecule has 0 unspecified atom stereocenters. The highest BCUT2D eigenvalue weighted by atomic mass is 79.9. The normalized spacial score (nSPS) is 10.2. The van der Waals surface area contributed by atoms with Gasteiger partial charge in [0.2, 0.25) is 0 Å². The number of anilines is 1. The molecule has 0 aliphatic heterocycles. The molecule has 0 fully saturated rings. The van der Waals surface area contributed by atoms with Crippen molar-refractivity contribution < 1.29 is 14.1 Å². The fourth-order valence-electron chi connectivity index (χ4n) is 1.41. The second kappa shape index (κ2) is 5.19. The first-order valence-electron chi connectivity index (χ1n) is 5.15. The van der Waals surface area contributed by atoms with Crippen LogP contribution in [0.1, 0.15) is 16.1 Å². The highest BCUT2D eigenvalue weighted by Gasteiger charge is 2.20. The van der Waals surface area contributed by atoms with Gasteiger partial charge in [-0.05, 0) is 28.9 Å². The number of hydrogen-bond acceptors (Lipinski definition) is 5. The summed E-state index contributed by atoms with van der Waals surface area (Å²) < 4.78 is 5.09. The molecule has 0 spiro atoms. The predicted octanol–water partition coefficient (Wildman–Crippen LogP) is 2.91. The number of carbonyl (C=O) groups excluding carboxylic acids is 1. The van der Waals surface area contributed by atoms with Crippen molar-refractivity contribution in [1.29, 1.82) is 0 Å². The number of halogens is 1. The summed E-state index contributed by atoms with van der Waals surface area (Å²) in [6, 6.07) is 4.23. The number of aryl methyl sites for hydroxylation is 1. The van der Waals surface area contributed by atoms with E-state index in [1.54, 1.807) is 6.92 Å². The van der Waals surface area contributed by atoms with Crippen molar-refractivity contribution in [2.45, 2.75) is 6.92 Å². The van der Waals surface area contributed by atoms with Gasteiger partial charge < -0.3 is 4.42 Å². The molecule has 0 atom stereocenters. The maximum Gasteiger partial charge on any atom is 0.301 e. The average molecular weight is 326 g/mol. The molecular weight excluding hydrogens is 318 g/mol. The predicted molar refractivity (Wildman–Crippen MR) is 70.0 cm³/mol. The lowest BCUT2D eigenvalue weighted by Gasteiger charge is -2.03. The van der Waals surface area contributed by atoms with Crippen molar-refractivity contribution in [3.05, 3.63) is 50.3 Å². The molecule has 1 heterocycles. The van der Waals surface area contributed by atoms with Crippen molar-refractivity contribution in [1.82, 2.24) is 4.98 Å². The monoisotopic (exact) mass is 325 g/mol. The van der Waals surface area contributed by atoms with Gasteiger partial charge in [-0.3, -0.25) is 20.2 Å². The molecule has 1 aromatic heterocycles. The number of nitrogens with one attached hydrogen (secondary N) is 1. The van der Waals surface area contributed by atoms with E-state index >= 15 is 0 Å². The molecule has 0 aliphatic rings. The highest BCUT2D eigenvalue weighted by molar-refractivity contribution is 9.10. The van der Waals surface area contributed by atoms with E-state index in [0.29, 0.717) is 5.69 Å². The number of amides is 1. The van der Waals surface area contributed by atoms with Gasteiger partial charge >= 0.3 is 6.01 Å². The lowest BCUT2D eigenvalue weighted by molar-refractivity contribution is -0.385. The summed E-state index contributed by atoms with van der Waals surface area (Å²) in [6.45, 7) is 1.71. The zero-order valence-electron chi connectivity index (χ0n) is 9.71. The fraction of sp³-hybridized carbons (Fsp3) is 0.0909. The highest BCUT2D eigenvalue weighted by Crippen LogP contribution is 2.28. The maximum atomic E-state index is 12.0. The Hall–Kier alpha value is -2.22. The molecule has 0 aliphatic carbocycles. The number of hydrogen-bond donors (Lipinski definition) is 1. The lowest BCUT2D eigenvalue weighted by Crippen LogP contribution is -2.13. The van der Waals surface area contributed by atoms with Gasteiger partial charge in [0.25, 0.3) is 11.6 Å². The molecule has 0 radical (unpaired) electrons. The second-order valence-electron chi connectivity index (χ2n) is 3.64. The van der Waals surface area contributed by atoms with Gasteiger partial charge in [-0.1, -0.05) is 6.07 Å². The van der Waals surface area contributed by atoms with E-state index in [2.05, 4.69) is 26.2 Å². The van der Waals surface area contributed by atoms with Crippen LogP contribution in [0.2, 0.25) is 0 Å². The molecule has 2 aromatic rings. The third-order valence-corrected chi connectivity index (χ3v) is 3.09. The summed E-state index contributed by atoms with van der Waals surface area (Å²) in [5.41, 5.74) is 0.565. The standard InChI is InChI=1S/C11H8BrN3O4/c1-6-5-19-11(13-6)14-10(16)7-3-2-4-8(9(7)12)15(17)18/h2-5H,1H3,(H,13,14,16). The van der Waals surface area contributed by atoms with E-state index in [-0.39, 0.29) is 21.7 Å². The maximum absolute atomic E-state index is 12.0. The van der Waals surface area contributed by atoms with Crippen molar-refractivity contribution in [3.8, 4) is 0 Å². The SMILES string of the molecule is Cc1coc(NC(=O)c2cccc([N+](=O)[O-])c2Br)n1. The number of carbonyl (C=O) groups is 1. The summed E-state index contributed by atoms with van der Waals surface area (Å²) in [5.74, 6) is -0.544. The van der Waals surface area contributed by atoms with Crippen LogP contribution in [0.4, 0.5) is 11.7 Å². The van der Waals surface area contributed by atoms with Crippen LogP contribution in [-0.2, 0) is 0 Å². The molecule has 0 saturated carbocycles. The third kappa shape index (κ3) is 2.79. The first-order chi connectivity index (χ1) is 8.99. The van der Waals surface area contributed by atoms with Gasteiger partial charge in [-0.15, -0.1) is 0 Å². The van der Waals surface area contributed by atoms with Gasteiger partial charge in [0.15, 0.2) is 0 Å². The van der Waals surface area contributed by atoms with Crippen molar-refractivity contribution in [2.75, 3.05) is 5.32 Å². The molecule has 7 nitrogen and oxygen atoms in total. The van der Waals surface area contributed by atoms with Crippen LogP contribution in [0.3, 0.4) is 0 Å². The number of nitrogens with zero attached hydrogens (tertiary/aromatic N) is 2. The minimum atomic E-state index is -0.573. The van der Waals surface area contributed by atoms with Crippen LogP contribution in [0, 0.1) is 17.0 Å². The van der Waals surface area contributed by atoms with Gasteiger partial charge in [0, 0.05) is 6.07 Å². The molecule has 8 heteroatoms. The Kier molecular flexibility index (Phi) is 3.61. The van der Waals surface area contributed by atoms with Crippen molar-refractivity contribution in [3.63, 3.8) is 0 Å². The molecule has 1 aromatic carbocycles. The molecule has 2 rings (SSSR count). The smallest absolute Gasteiger partial charge is 0.301 e. The number of aromatic nitrogens is 1. The third-order valence-electron chi connectivity index (χ3n) is 2.26. The second-order valence-corrected chi connectivity index (χ2v) is 4.44.